The summed E-state index contributed by atoms with van der Waals surface area (Å²) in [6.45, 7) is 2.05. The van der Waals surface area contributed by atoms with Crippen molar-refractivity contribution in [2.45, 2.75) is 25.8 Å². The van der Waals surface area contributed by atoms with E-state index in [4.69, 9.17) is 0 Å². The van der Waals surface area contributed by atoms with Crippen LogP contribution < -0.4 is 5.32 Å². The molecule has 17 heavy (non-hydrogen) atoms. The van der Waals surface area contributed by atoms with Crippen LogP contribution in [0.2, 0.25) is 0 Å². The summed E-state index contributed by atoms with van der Waals surface area (Å²) >= 11 is 7.06. The van der Waals surface area contributed by atoms with Gasteiger partial charge in [0.1, 0.15) is 0 Å². The molecule has 92 valence electrons. The maximum Gasteiger partial charge on any atom is 0.0943 e. The summed E-state index contributed by atoms with van der Waals surface area (Å²) in [7, 11) is 2.02. The van der Waals surface area contributed by atoms with Crippen LogP contribution in [0.1, 0.15) is 15.6 Å². The Labute approximate surface area is 118 Å². The Kier molecular flexibility index (Phi) is 4.73. The van der Waals surface area contributed by atoms with Gasteiger partial charge in [0.2, 0.25) is 0 Å². The minimum atomic E-state index is 0.464. The first-order chi connectivity index (χ1) is 8.17. The molecule has 5 heteroatoms. The van der Waals surface area contributed by atoms with Gasteiger partial charge in [0, 0.05) is 28.4 Å². The number of hydrogen-bond donors (Lipinski definition) is 1. The van der Waals surface area contributed by atoms with Crippen LogP contribution in [-0.4, -0.2) is 18.1 Å². The molecule has 2 aromatic rings. The fraction of sp³-hybridized carbons (Fsp3) is 0.417. The van der Waals surface area contributed by atoms with E-state index < -0.39 is 0 Å². The van der Waals surface area contributed by atoms with Gasteiger partial charge < -0.3 is 5.32 Å². The first-order valence-electron chi connectivity index (χ1n) is 5.50. The predicted octanol–water partition coefficient (Wildman–Crippen LogP) is 3.65. The van der Waals surface area contributed by atoms with Crippen molar-refractivity contribution in [3.8, 4) is 0 Å². The number of thiophene rings is 1. The van der Waals surface area contributed by atoms with E-state index in [2.05, 4.69) is 43.7 Å². The lowest BCUT2D eigenvalue weighted by molar-refractivity contribution is 0.558. The molecule has 2 heterocycles. The zero-order valence-electron chi connectivity index (χ0n) is 9.87. The topological polar surface area (TPSA) is 24.9 Å². The van der Waals surface area contributed by atoms with Crippen LogP contribution in [0.3, 0.4) is 0 Å². The molecule has 0 amide bonds. The summed E-state index contributed by atoms with van der Waals surface area (Å²) in [5.41, 5.74) is 1.12. The lowest BCUT2D eigenvalue weighted by Crippen LogP contribution is -2.29. The fourth-order valence-electron chi connectivity index (χ4n) is 1.69. The van der Waals surface area contributed by atoms with Gasteiger partial charge in [0.15, 0.2) is 0 Å². The SMILES string of the molecule is CNC(Cc1ccc(Br)s1)Cc1nc(C)cs1. The Morgan fingerprint density at radius 3 is 2.76 bits per heavy atom. The summed E-state index contributed by atoms with van der Waals surface area (Å²) in [6.07, 6.45) is 2.07. The molecule has 1 N–H and O–H groups in total. The average molecular weight is 331 g/mol. The predicted molar refractivity (Wildman–Crippen MR) is 79.1 cm³/mol. The van der Waals surface area contributed by atoms with E-state index in [0.717, 1.165) is 18.5 Å². The fourth-order valence-corrected chi connectivity index (χ4v) is 4.10. The van der Waals surface area contributed by atoms with Crippen LogP contribution in [0, 0.1) is 6.92 Å². The first kappa shape index (κ1) is 13.2. The summed E-state index contributed by atoms with van der Waals surface area (Å²) in [4.78, 5) is 5.92. The number of hydrogen-bond acceptors (Lipinski definition) is 4. The Morgan fingerprint density at radius 1 is 1.41 bits per heavy atom. The zero-order valence-corrected chi connectivity index (χ0v) is 13.1. The molecule has 0 saturated heterocycles. The van der Waals surface area contributed by atoms with Crippen LogP contribution in [0.5, 0.6) is 0 Å². The molecule has 0 spiro atoms. The molecular weight excluding hydrogens is 316 g/mol. The highest BCUT2D eigenvalue weighted by molar-refractivity contribution is 9.11. The van der Waals surface area contributed by atoms with Crippen molar-refractivity contribution < 1.29 is 0 Å². The third-order valence-electron chi connectivity index (χ3n) is 2.57. The van der Waals surface area contributed by atoms with Crippen LogP contribution >= 0.6 is 38.6 Å². The van der Waals surface area contributed by atoms with Crippen LogP contribution in [0.4, 0.5) is 0 Å². The zero-order chi connectivity index (χ0) is 12.3. The molecule has 0 aliphatic heterocycles. The van der Waals surface area contributed by atoms with Gasteiger partial charge in [-0.1, -0.05) is 0 Å². The van der Waals surface area contributed by atoms with E-state index in [0.29, 0.717) is 6.04 Å². The molecule has 0 aromatic carbocycles. The number of aromatic nitrogens is 1. The molecule has 1 unspecified atom stereocenters. The largest absolute Gasteiger partial charge is 0.316 e. The molecule has 0 bridgehead atoms. The highest BCUT2D eigenvalue weighted by atomic mass is 79.9. The number of thiazole rings is 1. The van der Waals surface area contributed by atoms with Crippen LogP contribution in [0.15, 0.2) is 21.3 Å². The van der Waals surface area contributed by atoms with E-state index in [1.165, 1.54) is 13.7 Å². The summed E-state index contributed by atoms with van der Waals surface area (Å²) < 4.78 is 1.20. The van der Waals surface area contributed by atoms with Gasteiger partial charge in [0.25, 0.3) is 0 Å². The highest BCUT2D eigenvalue weighted by Crippen LogP contribution is 2.24. The lowest BCUT2D eigenvalue weighted by atomic mass is 10.1. The van der Waals surface area contributed by atoms with Crippen molar-refractivity contribution in [1.82, 2.24) is 10.3 Å². The molecule has 0 saturated carbocycles. The van der Waals surface area contributed by atoms with E-state index >= 15 is 0 Å². The monoisotopic (exact) mass is 330 g/mol. The van der Waals surface area contributed by atoms with Gasteiger partial charge in [-0.15, -0.1) is 22.7 Å². The quantitative estimate of drug-likeness (QED) is 0.905. The summed E-state index contributed by atoms with van der Waals surface area (Å²) in [5.74, 6) is 0. The highest BCUT2D eigenvalue weighted by Gasteiger charge is 2.11. The lowest BCUT2D eigenvalue weighted by Gasteiger charge is -2.13. The van der Waals surface area contributed by atoms with Crippen molar-refractivity contribution in [3.63, 3.8) is 0 Å². The van der Waals surface area contributed by atoms with E-state index in [9.17, 15) is 0 Å². The summed E-state index contributed by atoms with van der Waals surface area (Å²) in [5, 5.41) is 6.71. The molecule has 0 aliphatic carbocycles. The average Bonchev–Trinajstić information content (AvgIpc) is 2.87. The van der Waals surface area contributed by atoms with Crippen molar-refractivity contribution in [2.75, 3.05) is 7.05 Å². The number of rotatable bonds is 5. The van der Waals surface area contributed by atoms with E-state index in [-0.39, 0.29) is 0 Å². The minimum absolute atomic E-state index is 0.464. The number of aryl methyl sites for hydroxylation is 1. The Balaban J connectivity index is 1.97. The standard InChI is InChI=1S/C12H15BrN2S2/c1-8-7-16-12(15-8)6-9(14-2)5-10-3-4-11(13)17-10/h3-4,7,9,14H,5-6H2,1-2H3. The van der Waals surface area contributed by atoms with Gasteiger partial charge in [-0.05, 0) is 48.5 Å². The second-order valence-electron chi connectivity index (χ2n) is 3.98. The van der Waals surface area contributed by atoms with Crippen LogP contribution in [0.25, 0.3) is 0 Å². The smallest absolute Gasteiger partial charge is 0.0943 e. The van der Waals surface area contributed by atoms with Gasteiger partial charge >= 0.3 is 0 Å². The molecular formula is C12H15BrN2S2. The molecule has 2 aromatic heterocycles. The third kappa shape index (κ3) is 3.88. The van der Waals surface area contributed by atoms with Crippen molar-refractivity contribution in [1.29, 1.82) is 0 Å². The third-order valence-corrected chi connectivity index (χ3v) is 5.21. The molecule has 0 aliphatic rings. The number of nitrogens with one attached hydrogen (secondary N) is 1. The molecule has 2 rings (SSSR count). The Morgan fingerprint density at radius 2 is 2.24 bits per heavy atom. The van der Waals surface area contributed by atoms with Gasteiger partial charge in [0.05, 0.1) is 8.79 Å². The van der Waals surface area contributed by atoms with Crippen molar-refractivity contribution in [3.05, 3.63) is 36.9 Å². The van der Waals surface area contributed by atoms with Gasteiger partial charge in [-0.3, -0.25) is 0 Å². The Bertz CT molecular complexity index is 436. The van der Waals surface area contributed by atoms with Crippen LogP contribution in [-0.2, 0) is 12.8 Å². The maximum absolute atomic E-state index is 4.52. The molecule has 0 radical (unpaired) electrons. The number of halogens is 1. The summed E-state index contributed by atoms with van der Waals surface area (Å²) in [6, 6.07) is 4.76. The van der Waals surface area contributed by atoms with Gasteiger partial charge in [-0.2, -0.15) is 0 Å². The second-order valence-corrected chi connectivity index (χ2v) is 7.47. The number of likely N-dealkylation sites (N-methyl/N-ethyl adjacent to an activating group) is 1. The van der Waals surface area contributed by atoms with E-state index in [1.807, 2.05) is 14.0 Å². The molecule has 1 atom stereocenters. The van der Waals surface area contributed by atoms with Gasteiger partial charge in [-0.25, -0.2) is 4.98 Å². The Hall–Kier alpha value is -0.230. The first-order valence-corrected chi connectivity index (χ1v) is 7.99. The van der Waals surface area contributed by atoms with Crippen molar-refractivity contribution in [2.24, 2.45) is 0 Å². The van der Waals surface area contributed by atoms with E-state index in [1.54, 1.807) is 22.7 Å². The van der Waals surface area contributed by atoms with Crippen molar-refractivity contribution >= 4 is 38.6 Å². The molecule has 2 nitrogen and oxygen atoms in total. The molecule has 0 fully saturated rings. The minimum Gasteiger partial charge on any atom is -0.316 e. The normalized spacial score (nSPS) is 12.9. The number of nitrogens with zero attached hydrogens (tertiary/aromatic N) is 1. The maximum atomic E-state index is 4.52. The second kappa shape index (κ2) is 6.09.